The van der Waals surface area contributed by atoms with Gasteiger partial charge in [-0.25, -0.2) is 0 Å². The normalized spacial score (nSPS) is 12.8. The molecule has 0 saturated carbocycles. The molecule has 0 fully saturated rings. The van der Waals surface area contributed by atoms with Crippen molar-refractivity contribution in [2.24, 2.45) is 11.7 Å². The molecule has 1 rings (SSSR count). The van der Waals surface area contributed by atoms with Crippen molar-refractivity contribution in [2.45, 2.75) is 39.7 Å². The Morgan fingerprint density at radius 2 is 2.00 bits per heavy atom. The average Bonchev–Trinajstić information content (AvgIpc) is 2.31. The average molecular weight is 316 g/mol. The molecule has 0 aliphatic carbocycles. The Morgan fingerprint density at radius 3 is 2.56 bits per heavy atom. The van der Waals surface area contributed by atoms with Crippen LogP contribution in [-0.4, -0.2) is 11.7 Å². The van der Waals surface area contributed by atoms with E-state index in [0.29, 0.717) is 22.7 Å². The highest BCUT2D eigenvalue weighted by molar-refractivity contribution is 9.10. The lowest BCUT2D eigenvalue weighted by molar-refractivity contribution is 0.316. The third kappa shape index (κ3) is 4.18. The van der Waals surface area contributed by atoms with Gasteiger partial charge in [0.15, 0.2) is 11.5 Å². The van der Waals surface area contributed by atoms with Crippen LogP contribution in [0.3, 0.4) is 0 Å². The van der Waals surface area contributed by atoms with E-state index in [0.717, 1.165) is 18.4 Å². The van der Waals surface area contributed by atoms with Gasteiger partial charge in [-0.2, -0.15) is 0 Å². The summed E-state index contributed by atoms with van der Waals surface area (Å²) in [5.41, 5.74) is 7.16. The van der Waals surface area contributed by atoms with Gasteiger partial charge in [-0.15, -0.1) is 0 Å². The zero-order chi connectivity index (χ0) is 13.7. The van der Waals surface area contributed by atoms with Crippen molar-refractivity contribution in [2.75, 3.05) is 6.61 Å². The number of phenolic OH excluding ortho intramolecular Hbond substituents is 1. The highest BCUT2D eigenvalue weighted by atomic mass is 79.9. The van der Waals surface area contributed by atoms with Crippen LogP contribution in [-0.2, 0) is 0 Å². The van der Waals surface area contributed by atoms with Crippen molar-refractivity contribution in [3.8, 4) is 11.5 Å². The maximum Gasteiger partial charge on any atom is 0.172 e. The predicted octanol–water partition coefficient (Wildman–Crippen LogP) is 3.99. The number of hydrogen-bond donors (Lipinski definition) is 2. The van der Waals surface area contributed by atoms with Crippen molar-refractivity contribution in [3.63, 3.8) is 0 Å². The van der Waals surface area contributed by atoms with Crippen LogP contribution in [0.5, 0.6) is 11.5 Å². The van der Waals surface area contributed by atoms with Crippen molar-refractivity contribution in [3.05, 3.63) is 22.2 Å². The first-order valence-corrected chi connectivity index (χ1v) is 7.15. The number of aromatic hydroxyl groups is 1. The molecule has 4 heteroatoms. The Bertz CT molecular complexity index is 394. The molecule has 0 saturated heterocycles. The van der Waals surface area contributed by atoms with Crippen LogP contribution in [0, 0.1) is 5.92 Å². The Labute approximate surface area is 117 Å². The summed E-state index contributed by atoms with van der Waals surface area (Å²) in [6, 6.07) is 3.67. The highest BCUT2D eigenvalue weighted by Crippen LogP contribution is 2.37. The molecule has 1 aromatic rings. The number of benzene rings is 1. The third-order valence-corrected chi connectivity index (χ3v) is 3.44. The summed E-state index contributed by atoms with van der Waals surface area (Å²) in [6.45, 7) is 6.78. The Hall–Kier alpha value is -0.740. The van der Waals surface area contributed by atoms with E-state index in [9.17, 15) is 5.11 Å². The lowest BCUT2D eigenvalue weighted by Crippen LogP contribution is -2.11. The topological polar surface area (TPSA) is 55.5 Å². The molecule has 1 atom stereocenters. The summed E-state index contributed by atoms with van der Waals surface area (Å²) >= 11 is 3.33. The van der Waals surface area contributed by atoms with Crippen LogP contribution in [0.1, 0.15) is 45.2 Å². The van der Waals surface area contributed by atoms with E-state index in [-0.39, 0.29) is 11.8 Å². The van der Waals surface area contributed by atoms with E-state index in [4.69, 9.17) is 10.5 Å². The molecule has 0 heterocycles. The van der Waals surface area contributed by atoms with E-state index < -0.39 is 0 Å². The Balaban J connectivity index is 2.88. The van der Waals surface area contributed by atoms with E-state index in [2.05, 4.69) is 29.8 Å². The number of halogens is 1. The van der Waals surface area contributed by atoms with Gasteiger partial charge < -0.3 is 15.6 Å². The Kier molecular flexibility index (Phi) is 5.96. The van der Waals surface area contributed by atoms with E-state index in [1.807, 2.05) is 19.1 Å². The molecule has 0 aliphatic rings. The molecule has 18 heavy (non-hydrogen) atoms. The minimum atomic E-state index is -0.0245. The second kappa shape index (κ2) is 7.00. The van der Waals surface area contributed by atoms with Gasteiger partial charge >= 0.3 is 0 Å². The second-order valence-electron chi connectivity index (χ2n) is 4.86. The number of nitrogens with two attached hydrogens (primary N) is 1. The zero-order valence-electron chi connectivity index (χ0n) is 11.2. The summed E-state index contributed by atoms with van der Waals surface area (Å²) in [6.07, 6.45) is 2.02. The van der Waals surface area contributed by atoms with Crippen LogP contribution < -0.4 is 10.5 Å². The van der Waals surface area contributed by atoms with Crippen LogP contribution in [0.25, 0.3) is 0 Å². The number of hydrogen-bond acceptors (Lipinski definition) is 3. The highest BCUT2D eigenvalue weighted by Gasteiger charge is 2.14. The summed E-state index contributed by atoms with van der Waals surface area (Å²) in [5, 5.41) is 9.84. The molecule has 0 aromatic heterocycles. The van der Waals surface area contributed by atoms with E-state index in [1.54, 1.807) is 0 Å². The van der Waals surface area contributed by atoms with Crippen molar-refractivity contribution < 1.29 is 9.84 Å². The molecule has 3 N–H and O–H groups in total. The lowest BCUT2D eigenvalue weighted by Gasteiger charge is -2.16. The van der Waals surface area contributed by atoms with Crippen molar-refractivity contribution in [1.29, 1.82) is 0 Å². The monoisotopic (exact) mass is 315 g/mol. The van der Waals surface area contributed by atoms with Crippen molar-refractivity contribution in [1.82, 2.24) is 0 Å². The first-order chi connectivity index (χ1) is 8.45. The van der Waals surface area contributed by atoms with Gasteiger partial charge in [0.2, 0.25) is 0 Å². The summed E-state index contributed by atoms with van der Waals surface area (Å²) in [7, 11) is 0. The van der Waals surface area contributed by atoms with Gasteiger partial charge in [-0.1, -0.05) is 13.8 Å². The van der Waals surface area contributed by atoms with Gasteiger partial charge in [0.05, 0.1) is 11.1 Å². The van der Waals surface area contributed by atoms with E-state index >= 15 is 0 Å². The van der Waals surface area contributed by atoms with Gasteiger partial charge in [0, 0.05) is 6.04 Å². The van der Waals surface area contributed by atoms with Crippen molar-refractivity contribution >= 4 is 15.9 Å². The lowest BCUT2D eigenvalue weighted by atomic mass is 9.98. The fourth-order valence-corrected chi connectivity index (χ4v) is 2.21. The summed E-state index contributed by atoms with van der Waals surface area (Å²) in [5.74, 6) is 1.27. The maximum atomic E-state index is 9.84. The molecular weight excluding hydrogens is 294 g/mol. The first kappa shape index (κ1) is 15.3. The quantitative estimate of drug-likeness (QED) is 0.834. The molecule has 0 bridgehead atoms. The minimum absolute atomic E-state index is 0.0245. The van der Waals surface area contributed by atoms with Crippen LogP contribution in [0.2, 0.25) is 0 Å². The fourth-order valence-electron chi connectivity index (χ4n) is 1.75. The molecule has 0 radical (unpaired) electrons. The van der Waals surface area contributed by atoms with Gasteiger partial charge in [-0.3, -0.25) is 0 Å². The molecule has 0 aliphatic heterocycles. The number of ether oxygens (including phenoxy) is 1. The number of phenols is 1. The molecule has 0 spiro atoms. The largest absolute Gasteiger partial charge is 0.503 e. The molecule has 3 nitrogen and oxygen atoms in total. The minimum Gasteiger partial charge on any atom is -0.503 e. The van der Waals surface area contributed by atoms with Gasteiger partial charge in [0.1, 0.15) is 0 Å². The predicted molar refractivity (Wildman–Crippen MR) is 78.0 cm³/mol. The van der Waals surface area contributed by atoms with Crippen LogP contribution >= 0.6 is 15.9 Å². The molecule has 0 unspecified atom stereocenters. The molecule has 102 valence electrons. The smallest absolute Gasteiger partial charge is 0.172 e. The summed E-state index contributed by atoms with van der Waals surface area (Å²) in [4.78, 5) is 0. The molecule has 0 amide bonds. The third-order valence-electron chi connectivity index (χ3n) is 2.83. The molecular formula is C14H22BrNO2. The summed E-state index contributed by atoms with van der Waals surface area (Å²) < 4.78 is 6.03. The fraction of sp³-hybridized carbons (Fsp3) is 0.571. The van der Waals surface area contributed by atoms with Gasteiger partial charge in [-0.05, 0) is 59.3 Å². The Morgan fingerprint density at radius 1 is 1.33 bits per heavy atom. The van der Waals surface area contributed by atoms with E-state index in [1.165, 1.54) is 0 Å². The first-order valence-electron chi connectivity index (χ1n) is 6.36. The standard InChI is InChI=1S/C14H22BrNO2/c1-4-18-13-8-10(7-11(15)14(13)17)12(16)6-5-9(2)3/h7-9,12,17H,4-6,16H2,1-3H3/t12-/m1/s1. The van der Waals surface area contributed by atoms with Crippen LogP contribution in [0.15, 0.2) is 16.6 Å². The maximum absolute atomic E-state index is 9.84. The number of rotatable bonds is 6. The van der Waals surface area contributed by atoms with Crippen LogP contribution in [0.4, 0.5) is 0 Å². The zero-order valence-corrected chi connectivity index (χ0v) is 12.8. The SMILES string of the molecule is CCOc1cc([C@H](N)CCC(C)C)cc(Br)c1O. The molecule has 1 aromatic carbocycles. The second-order valence-corrected chi connectivity index (χ2v) is 5.71. The van der Waals surface area contributed by atoms with Gasteiger partial charge in [0.25, 0.3) is 0 Å².